The molecular weight excluding hydrogens is 280 g/mol. The molecule has 0 spiro atoms. The lowest BCUT2D eigenvalue weighted by Gasteiger charge is -2.10. The van der Waals surface area contributed by atoms with Gasteiger partial charge in [-0.3, -0.25) is 4.79 Å². The number of rotatable bonds is 3. The number of benzene rings is 1. The van der Waals surface area contributed by atoms with Crippen molar-refractivity contribution in [2.24, 2.45) is 0 Å². The molecule has 112 valence electrons. The fourth-order valence-electron chi connectivity index (χ4n) is 3.07. The summed E-state index contributed by atoms with van der Waals surface area (Å²) < 4.78 is 0. The number of tetrazole rings is 1. The maximum atomic E-state index is 12.2. The maximum Gasteiger partial charge on any atom is 0.251 e. The monoisotopic (exact) mass is 296 g/mol. The van der Waals surface area contributed by atoms with Crippen LogP contribution < -0.4 is 5.32 Å². The first-order chi connectivity index (χ1) is 10.8. The van der Waals surface area contributed by atoms with E-state index >= 15 is 0 Å². The van der Waals surface area contributed by atoms with E-state index in [0.29, 0.717) is 11.4 Å². The molecule has 0 bridgehead atoms. The third kappa shape index (κ3) is 2.24. The van der Waals surface area contributed by atoms with Gasteiger partial charge in [-0.15, -0.1) is 10.2 Å². The molecule has 7 nitrogen and oxygen atoms in total. The van der Waals surface area contributed by atoms with Gasteiger partial charge in [0.25, 0.3) is 5.91 Å². The molecule has 7 heteroatoms. The van der Waals surface area contributed by atoms with Crippen molar-refractivity contribution in [2.75, 3.05) is 0 Å². The van der Waals surface area contributed by atoms with E-state index in [0.717, 1.165) is 18.4 Å². The molecule has 0 fully saturated rings. The Kier molecular flexibility index (Phi) is 3.10. The van der Waals surface area contributed by atoms with Crippen LogP contribution in [0.15, 0.2) is 18.2 Å². The van der Waals surface area contributed by atoms with Crippen LogP contribution in [0.5, 0.6) is 0 Å². The topological polar surface area (TPSA) is 99.3 Å². The number of aromatic amines is 2. The molecule has 0 radical (unpaired) electrons. The van der Waals surface area contributed by atoms with Crippen LogP contribution in [0.3, 0.4) is 0 Å². The van der Waals surface area contributed by atoms with Crippen LogP contribution in [-0.2, 0) is 19.4 Å². The Balaban J connectivity index is 1.58. The lowest BCUT2D eigenvalue weighted by molar-refractivity contribution is 0.0950. The number of amides is 1. The van der Waals surface area contributed by atoms with Crippen LogP contribution in [0.1, 0.15) is 40.3 Å². The summed E-state index contributed by atoms with van der Waals surface area (Å²) in [5.74, 6) is 0.323. The van der Waals surface area contributed by atoms with Crippen LogP contribution in [0, 0.1) is 0 Å². The zero-order valence-electron chi connectivity index (χ0n) is 12.0. The van der Waals surface area contributed by atoms with Crippen molar-refractivity contribution in [1.29, 1.82) is 0 Å². The molecule has 22 heavy (non-hydrogen) atoms. The number of nitrogens with zero attached hydrogens (tertiary/aromatic N) is 3. The molecule has 2 heterocycles. The van der Waals surface area contributed by atoms with Gasteiger partial charge in [0.15, 0.2) is 5.82 Å². The normalized spacial score (nSPS) is 14.0. The van der Waals surface area contributed by atoms with Gasteiger partial charge in [0.05, 0.1) is 6.54 Å². The summed E-state index contributed by atoms with van der Waals surface area (Å²) in [6.07, 6.45) is 4.70. The highest BCUT2D eigenvalue weighted by Crippen LogP contribution is 2.29. The molecule has 0 saturated heterocycles. The number of hydrogen-bond donors (Lipinski definition) is 3. The summed E-state index contributed by atoms with van der Waals surface area (Å²) in [6.45, 7) is 0.259. The minimum atomic E-state index is -0.140. The van der Waals surface area contributed by atoms with Gasteiger partial charge < -0.3 is 10.3 Å². The number of fused-ring (bicyclic) bond motifs is 3. The molecule has 0 saturated carbocycles. The summed E-state index contributed by atoms with van der Waals surface area (Å²) in [6, 6.07) is 5.83. The van der Waals surface area contributed by atoms with E-state index in [-0.39, 0.29) is 12.5 Å². The second kappa shape index (κ2) is 5.25. The zero-order valence-corrected chi connectivity index (χ0v) is 12.0. The molecule has 1 aromatic carbocycles. The smallest absolute Gasteiger partial charge is 0.251 e. The lowest BCUT2D eigenvalue weighted by Crippen LogP contribution is -2.23. The first-order valence-electron chi connectivity index (χ1n) is 7.45. The molecule has 1 aliphatic rings. The third-order valence-electron chi connectivity index (χ3n) is 4.16. The number of carbonyl (C=O) groups is 1. The average Bonchev–Trinajstić information content (AvgIpc) is 3.19. The summed E-state index contributed by atoms with van der Waals surface area (Å²) >= 11 is 0. The van der Waals surface area contributed by atoms with Crippen molar-refractivity contribution < 1.29 is 4.79 Å². The highest BCUT2D eigenvalue weighted by Gasteiger charge is 2.16. The first-order valence-corrected chi connectivity index (χ1v) is 7.45. The standard InChI is InChI=1S/C15H16N6O/c22-15(16-8-14-18-20-21-19-14)9-5-6-11-10-3-1-2-4-12(10)17-13(11)7-9/h5-7,17H,1-4,8H2,(H,16,22)(H,18,19,20,21). The summed E-state index contributed by atoms with van der Waals surface area (Å²) in [7, 11) is 0. The van der Waals surface area contributed by atoms with Crippen LogP contribution in [0.4, 0.5) is 0 Å². The van der Waals surface area contributed by atoms with Crippen LogP contribution in [0.2, 0.25) is 0 Å². The van der Waals surface area contributed by atoms with E-state index in [9.17, 15) is 4.79 Å². The molecule has 3 N–H and O–H groups in total. The van der Waals surface area contributed by atoms with E-state index in [1.165, 1.54) is 29.5 Å². The molecule has 2 aromatic heterocycles. The molecule has 1 amide bonds. The van der Waals surface area contributed by atoms with Gasteiger partial charge in [-0.2, -0.15) is 5.21 Å². The molecule has 0 atom stereocenters. The predicted octanol–water partition coefficient (Wildman–Crippen LogP) is 1.49. The number of H-pyrrole nitrogens is 2. The Bertz CT molecular complexity index is 820. The predicted molar refractivity (Wildman–Crippen MR) is 80.3 cm³/mol. The van der Waals surface area contributed by atoms with Crippen molar-refractivity contribution in [3.63, 3.8) is 0 Å². The number of hydrogen-bond acceptors (Lipinski definition) is 4. The molecule has 1 aliphatic carbocycles. The van der Waals surface area contributed by atoms with Gasteiger partial charge in [-0.1, -0.05) is 11.3 Å². The average molecular weight is 296 g/mol. The zero-order chi connectivity index (χ0) is 14.9. The number of aromatic nitrogens is 5. The van der Waals surface area contributed by atoms with Crippen LogP contribution in [0.25, 0.3) is 10.9 Å². The number of nitrogens with one attached hydrogen (secondary N) is 3. The Labute approximate surface area is 126 Å². The Hall–Kier alpha value is -2.70. The summed E-state index contributed by atoms with van der Waals surface area (Å²) in [5.41, 5.74) is 4.42. The fourth-order valence-corrected chi connectivity index (χ4v) is 3.07. The van der Waals surface area contributed by atoms with Crippen molar-refractivity contribution in [3.05, 3.63) is 40.8 Å². The molecule has 0 unspecified atom stereocenters. The van der Waals surface area contributed by atoms with Gasteiger partial charge in [0.2, 0.25) is 0 Å². The molecule has 0 aliphatic heterocycles. The Morgan fingerprint density at radius 2 is 2.18 bits per heavy atom. The fraction of sp³-hybridized carbons (Fsp3) is 0.333. The minimum absolute atomic E-state index is 0.140. The molecule has 4 rings (SSSR count). The van der Waals surface area contributed by atoms with Crippen LogP contribution >= 0.6 is 0 Å². The van der Waals surface area contributed by atoms with E-state index in [2.05, 4.69) is 30.9 Å². The lowest BCUT2D eigenvalue weighted by atomic mass is 9.95. The quantitative estimate of drug-likeness (QED) is 0.681. The number of carbonyl (C=O) groups excluding carboxylic acids is 1. The van der Waals surface area contributed by atoms with E-state index in [1.54, 1.807) is 0 Å². The minimum Gasteiger partial charge on any atom is -0.358 e. The van der Waals surface area contributed by atoms with Gasteiger partial charge >= 0.3 is 0 Å². The SMILES string of the molecule is O=C(NCc1nn[nH]n1)c1ccc2c3c([nH]c2c1)CCCC3. The van der Waals surface area contributed by atoms with E-state index in [4.69, 9.17) is 0 Å². The van der Waals surface area contributed by atoms with Gasteiger partial charge in [-0.05, 0) is 43.4 Å². The summed E-state index contributed by atoms with van der Waals surface area (Å²) in [4.78, 5) is 15.7. The number of aryl methyl sites for hydroxylation is 2. The third-order valence-corrected chi connectivity index (χ3v) is 4.16. The van der Waals surface area contributed by atoms with E-state index < -0.39 is 0 Å². The first kappa shape index (κ1) is 13.0. The van der Waals surface area contributed by atoms with Crippen molar-refractivity contribution in [2.45, 2.75) is 32.2 Å². The molecular formula is C15H16N6O. The Morgan fingerprint density at radius 1 is 1.27 bits per heavy atom. The summed E-state index contributed by atoms with van der Waals surface area (Å²) in [5, 5.41) is 17.5. The highest BCUT2D eigenvalue weighted by atomic mass is 16.1. The van der Waals surface area contributed by atoms with Crippen LogP contribution in [-0.4, -0.2) is 31.5 Å². The molecule has 3 aromatic rings. The second-order valence-corrected chi connectivity index (χ2v) is 5.56. The highest BCUT2D eigenvalue weighted by molar-refractivity contribution is 5.98. The van der Waals surface area contributed by atoms with E-state index in [1.807, 2.05) is 18.2 Å². The van der Waals surface area contributed by atoms with Gasteiger partial charge in [0, 0.05) is 22.2 Å². The van der Waals surface area contributed by atoms with Crippen molar-refractivity contribution in [1.82, 2.24) is 30.9 Å². The van der Waals surface area contributed by atoms with Gasteiger partial charge in [-0.25, -0.2) is 0 Å². The van der Waals surface area contributed by atoms with Crippen molar-refractivity contribution >= 4 is 16.8 Å². The maximum absolute atomic E-state index is 12.2. The Morgan fingerprint density at radius 3 is 3.05 bits per heavy atom. The van der Waals surface area contributed by atoms with Gasteiger partial charge in [0.1, 0.15) is 0 Å². The largest absolute Gasteiger partial charge is 0.358 e. The second-order valence-electron chi connectivity index (χ2n) is 5.56. The van der Waals surface area contributed by atoms with Crippen molar-refractivity contribution in [3.8, 4) is 0 Å².